The van der Waals surface area contributed by atoms with Gasteiger partial charge in [-0.3, -0.25) is 0 Å². The molecule has 3 heteroatoms. The first-order valence-electron chi connectivity index (χ1n) is 4.79. The van der Waals surface area contributed by atoms with Gasteiger partial charge in [-0.1, -0.05) is 0 Å². The van der Waals surface area contributed by atoms with Crippen LogP contribution in [-0.2, 0) is 6.42 Å². The molecule has 3 nitrogen and oxygen atoms in total. The Morgan fingerprint density at radius 2 is 2.21 bits per heavy atom. The zero-order valence-electron chi connectivity index (χ0n) is 9.08. The van der Waals surface area contributed by atoms with E-state index in [0.717, 1.165) is 12.8 Å². The van der Waals surface area contributed by atoms with Crippen molar-refractivity contribution in [1.82, 2.24) is 4.98 Å². The lowest BCUT2D eigenvalue weighted by molar-refractivity contribution is 0.396. The SMILES string of the molecule is COc1cc(CCC(C)(C)N)ccn1. The van der Waals surface area contributed by atoms with Crippen molar-refractivity contribution in [3.8, 4) is 5.88 Å². The smallest absolute Gasteiger partial charge is 0.213 e. The van der Waals surface area contributed by atoms with Crippen molar-refractivity contribution < 1.29 is 4.74 Å². The van der Waals surface area contributed by atoms with Crippen LogP contribution in [0.5, 0.6) is 5.88 Å². The Labute approximate surface area is 85.3 Å². The van der Waals surface area contributed by atoms with E-state index in [1.807, 2.05) is 26.0 Å². The highest BCUT2D eigenvalue weighted by Gasteiger charge is 2.10. The molecule has 1 aromatic rings. The van der Waals surface area contributed by atoms with Gasteiger partial charge in [0.15, 0.2) is 0 Å². The maximum absolute atomic E-state index is 5.91. The third-order valence-electron chi connectivity index (χ3n) is 2.07. The molecule has 14 heavy (non-hydrogen) atoms. The van der Waals surface area contributed by atoms with E-state index < -0.39 is 0 Å². The van der Waals surface area contributed by atoms with Crippen LogP contribution in [0.1, 0.15) is 25.8 Å². The summed E-state index contributed by atoms with van der Waals surface area (Å²) in [5.41, 5.74) is 7.01. The van der Waals surface area contributed by atoms with E-state index in [0.29, 0.717) is 5.88 Å². The minimum atomic E-state index is -0.115. The molecule has 0 amide bonds. The lowest BCUT2D eigenvalue weighted by Gasteiger charge is -2.17. The van der Waals surface area contributed by atoms with Crippen molar-refractivity contribution in [3.63, 3.8) is 0 Å². The standard InChI is InChI=1S/C11H18N2O/c1-11(2,12)6-4-9-5-7-13-10(8-9)14-3/h5,7-8H,4,6,12H2,1-3H3. The first kappa shape index (κ1) is 11.0. The van der Waals surface area contributed by atoms with Gasteiger partial charge in [0.2, 0.25) is 5.88 Å². The molecule has 1 aromatic heterocycles. The fraction of sp³-hybridized carbons (Fsp3) is 0.545. The molecule has 78 valence electrons. The van der Waals surface area contributed by atoms with Crippen LogP contribution in [0.3, 0.4) is 0 Å². The van der Waals surface area contributed by atoms with Gasteiger partial charge in [-0.05, 0) is 38.3 Å². The average molecular weight is 194 g/mol. The number of methoxy groups -OCH3 is 1. The van der Waals surface area contributed by atoms with Crippen LogP contribution in [0.4, 0.5) is 0 Å². The van der Waals surface area contributed by atoms with Crippen LogP contribution >= 0.6 is 0 Å². The van der Waals surface area contributed by atoms with Gasteiger partial charge < -0.3 is 10.5 Å². The average Bonchev–Trinajstić information content (AvgIpc) is 2.14. The van der Waals surface area contributed by atoms with Gasteiger partial charge in [0.05, 0.1) is 7.11 Å². The quantitative estimate of drug-likeness (QED) is 0.794. The number of ether oxygens (including phenoxy) is 1. The second-order valence-electron chi connectivity index (χ2n) is 4.20. The van der Waals surface area contributed by atoms with Crippen molar-refractivity contribution in [2.24, 2.45) is 5.73 Å². The largest absolute Gasteiger partial charge is 0.481 e. The van der Waals surface area contributed by atoms with Crippen molar-refractivity contribution in [3.05, 3.63) is 23.9 Å². The fourth-order valence-corrected chi connectivity index (χ4v) is 1.18. The van der Waals surface area contributed by atoms with Gasteiger partial charge in [-0.25, -0.2) is 4.98 Å². The summed E-state index contributed by atoms with van der Waals surface area (Å²) in [5, 5.41) is 0. The van der Waals surface area contributed by atoms with Gasteiger partial charge in [0.1, 0.15) is 0 Å². The van der Waals surface area contributed by atoms with Crippen LogP contribution < -0.4 is 10.5 Å². The number of hydrogen-bond donors (Lipinski definition) is 1. The zero-order chi connectivity index (χ0) is 10.6. The molecule has 0 aliphatic carbocycles. The molecule has 0 bridgehead atoms. The molecular weight excluding hydrogens is 176 g/mol. The Bertz CT molecular complexity index is 292. The summed E-state index contributed by atoms with van der Waals surface area (Å²) in [5.74, 6) is 0.664. The second-order valence-corrected chi connectivity index (χ2v) is 4.20. The topological polar surface area (TPSA) is 48.1 Å². The Morgan fingerprint density at radius 1 is 1.50 bits per heavy atom. The lowest BCUT2D eigenvalue weighted by Crippen LogP contribution is -2.32. The Kier molecular flexibility index (Phi) is 3.47. The zero-order valence-corrected chi connectivity index (χ0v) is 9.08. The molecular formula is C11H18N2O. The molecule has 0 saturated heterocycles. The molecule has 0 unspecified atom stereocenters. The molecule has 0 radical (unpaired) electrons. The molecule has 0 saturated carbocycles. The summed E-state index contributed by atoms with van der Waals surface area (Å²) < 4.78 is 5.04. The molecule has 2 N–H and O–H groups in total. The number of aryl methyl sites for hydroxylation is 1. The fourth-order valence-electron chi connectivity index (χ4n) is 1.18. The van der Waals surface area contributed by atoms with E-state index >= 15 is 0 Å². The van der Waals surface area contributed by atoms with E-state index in [9.17, 15) is 0 Å². The number of nitrogens with two attached hydrogens (primary N) is 1. The summed E-state index contributed by atoms with van der Waals surface area (Å²) in [6.45, 7) is 4.07. The van der Waals surface area contributed by atoms with E-state index in [-0.39, 0.29) is 5.54 Å². The maximum atomic E-state index is 5.91. The number of hydrogen-bond acceptors (Lipinski definition) is 3. The third-order valence-corrected chi connectivity index (χ3v) is 2.07. The van der Waals surface area contributed by atoms with E-state index in [1.54, 1.807) is 13.3 Å². The second kappa shape index (κ2) is 4.42. The van der Waals surface area contributed by atoms with Crippen molar-refractivity contribution in [1.29, 1.82) is 0 Å². The van der Waals surface area contributed by atoms with Crippen LogP contribution in [0.15, 0.2) is 18.3 Å². The van der Waals surface area contributed by atoms with Crippen LogP contribution in [0.2, 0.25) is 0 Å². The number of rotatable bonds is 4. The Balaban J connectivity index is 2.59. The molecule has 1 heterocycles. The first-order chi connectivity index (χ1) is 6.51. The summed E-state index contributed by atoms with van der Waals surface area (Å²) >= 11 is 0. The molecule has 0 aliphatic heterocycles. The van der Waals surface area contributed by atoms with E-state index in [2.05, 4.69) is 4.98 Å². The van der Waals surface area contributed by atoms with E-state index in [1.165, 1.54) is 5.56 Å². The Morgan fingerprint density at radius 3 is 2.79 bits per heavy atom. The summed E-state index contributed by atoms with van der Waals surface area (Å²) in [6.07, 6.45) is 3.68. The van der Waals surface area contributed by atoms with Crippen molar-refractivity contribution in [2.45, 2.75) is 32.2 Å². The molecule has 0 aromatic carbocycles. The predicted octanol–water partition coefficient (Wildman–Crippen LogP) is 1.76. The molecule has 0 fully saturated rings. The summed E-state index contributed by atoms with van der Waals surface area (Å²) in [6, 6.07) is 3.94. The van der Waals surface area contributed by atoms with Gasteiger partial charge >= 0.3 is 0 Å². The van der Waals surface area contributed by atoms with Gasteiger partial charge in [0, 0.05) is 17.8 Å². The normalized spacial score (nSPS) is 11.4. The minimum Gasteiger partial charge on any atom is -0.481 e. The van der Waals surface area contributed by atoms with E-state index in [4.69, 9.17) is 10.5 Å². The first-order valence-corrected chi connectivity index (χ1v) is 4.79. The predicted molar refractivity (Wildman–Crippen MR) is 57.4 cm³/mol. The van der Waals surface area contributed by atoms with Crippen LogP contribution in [0.25, 0.3) is 0 Å². The van der Waals surface area contributed by atoms with Gasteiger partial charge in [-0.15, -0.1) is 0 Å². The monoisotopic (exact) mass is 194 g/mol. The van der Waals surface area contributed by atoms with Crippen molar-refractivity contribution in [2.75, 3.05) is 7.11 Å². The number of nitrogens with zero attached hydrogens (tertiary/aromatic N) is 1. The number of pyridine rings is 1. The van der Waals surface area contributed by atoms with Gasteiger partial charge in [0.25, 0.3) is 0 Å². The lowest BCUT2D eigenvalue weighted by atomic mass is 9.97. The molecule has 0 aliphatic rings. The third kappa shape index (κ3) is 3.75. The highest BCUT2D eigenvalue weighted by molar-refractivity contribution is 5.20. The summed E-state index contributed by atoms with van der Waals surface area (Å²) in [7, 11) is 1.62. The van der Waals surface area contributed by atoms with Crippen LogP contribution in [0, 0.1) is 0 Å². The highest BCUT2D eigenvalue weighted by atomic mass is 16.5. The molecule has 1 rings (SSSR count). The minimum absolute atomic E-state index is 0.115. The van der Waals surface area contributed by atoms with Gasteiger partial charge in [-0.2, -0.15) is 0 Å². The maximum Gasteiger partial charge on any atom is 0.213 e. The highest BCUT2D eigenvalue weighted by Crippen LogP contribution is 2.14. The van der Waals surface area contributed by atoms with Crippen molar-refractivity contribution >= 4 is 0 Å². The Hall–Kier alpha value is -1.09. The van der Waals surface area contributed by atoms with Crippen LogP contribution in [-0.4, -0.2) is 17.6 Å². The summed E-state index contributed by atoms with van der Waals surface area (Å²) in [4.78, 5) is 4.05. The molecule has 0 atom stereocenters. The number of aromatic nitrogens is 1. The molecule has 0 spiro atoms.